The van der Waals surface area contributed by atoms with E-state index in [0.29, 0.717) is 24.5 Å². The monoisotopic (exact) mass is 447 g/mol. The molecule has 3 aromatic rings. The molecule has 1 aromatic heterocycles. The lowest BCUT2D eigenvalue weighted by molar-refractivity contribution is 0.0950. The van der Waals surface area contributed by atoms with Crippen LogP contribution in [0.3, 0.4) is 0 Å². The first-order valence-electron chi connectivity index (χ1n) is 11.7. The average Bonchev–Trinajstić information content (AvgIpc) is 3.15. The topological polar surface area (TPSA) is 67.6 Å². The Morgan fingerprint density at radius 1 is 1.09 bits per heavy atom. The molecule has 0 unspecified atom stereocenters. The van der Waals surface area contributed by atoms with E-state index >= 15 is 0 Å². The SMILES string of the molecule is Cc1noc(C)c1COc1ccc(C(=O)NCc2ccccc2CN2CCC(C)CC2)cc1. The van der Waals surface area contributed by atoms with Crippen molar-refractivity contribution in [3.05, 3.63) is 82.2 Å². The van der Waals surface area contributed by atoms with Crippen molar-refractivity contribution in [3.8, 4) is 5.75 Å². The van der Waals surface area contributed by atoms with E-state index in [0.717, 1.165) is 42.6 Å². The predicted molar refractivity (Wildman–Crippen MR) is 128 cm³/mol. The van der Waals surface area contributed by atoms with Gasteiger partial charge in [0.05, 0.1) is 11.3 Å². The molecule has 1 fully saturated rings. The van der Waals surface area contributed by atoms with Crippen LogP contribution in [0.25, 0.3) is 0 Å². The van der Waals surface area contributed by atoms with E-state index in [4.69, 9.17) is 9.26 Å². The smallest absolute Gasteiger partial charge is 0.251 e. The number of carbonyl (C=O) groups is 1. The molecule has 0 radical (unpaired) electrons. The highest BCUT2D eigenvalue weighted by atomic mass is 16.5. The standard InChI is InChI=1S/C27H33N3O3/c1-19-12-14-30(15-13-19)17-24-7-5-4-6-23(24)16-28-27(31)22-8-10-25(11-9-22)32-18-26-20(2)29-33-21(26)3/h4-11,19H,12-18H2,1-3H3,(H,28,31). The van der Waals surface area contributed by atoms with E-state index in [1.165, 1.54) is 24.0 Å². The number of hydrogen-bond donors (Lipinski definition) is 1. The molecule has 1 N–H and O–H groups in total. The third-order valence-electron chi connectivity index (χ3n) is 6.51. The molecule has 0 atom stereocenters. The van der Waals surface area contributed by atoms with E-state index in [2.05, 4.69) is 40.5 Å². The molecule has 0 bridgehead atoms. The van der Waals surface area contributed by atoms with Gasteiger partial charge in [-0.1, -0.05) is 36.3 Å². The zero-order valence-electron chi connectivity index (χ0n) is 19.8. The summed E-state index contributed by atoms with van der Waals surface area (Å²) < 4.78 is 11.0. The van der Waals surface area contributed by atoms with Gasteiger partial charge in [-0.2, -0.15) is 0 Å². The summed E-state index contributed by atoms with van der Waals surface area (Å²) in [6.07, 6.45) is 2.52. The lowest BCUT2D eigenvalue weighted by Crippen LogP contribution is -2.33. The van der Waals surface area contributed by atoms with E-state index in [1.807, 2.05) is 32.0 Å². The zero-order valence-corrected chi connectivity index (χ0v) is 19.8. The number of likely N-dealkylation sites (tertiary alicyclic amines) is 1. The van der Waals surface area contributed by atoms with Crippen LogP contribution in [0.5, 0.6) is 5.75 Å². The Balaban J connectivity index is 1.31. The summed E-state index contributed by atoms with van der Waals surface area (Å²) in [7, 11) is 0. The van der Waals surface area contributed by atoms with Gasteiger partial charge in [0.1, 0.15) is 18.1 Å². The Hall–Kier alpha value is -3.12. The highest BCUT2D eigenvalue weighted by molar-refractivity contribution is 5.94. The van der Waals surface area contributed by atoms with E-state index in [9.17, 15) is 4.79 Å². The van der Waals surface area contributed by atoms with Crippen molar-refractivity contribution in [2.24, 2.45) is 5.92 Å². The van der Waals surface area contributed by atoms with Crippen LogP contribution in [0.1, 0.15) is 58.3 Å². The maximum Gasteiger partial charge on any atom is 0.251 e. The van der Waals surface area contributed by atoms with Crippen LogP contribution >= 0.6 is 0 Å². The summed E-state index contributed by atoms with van der Waals surface area (Å²) in [6, 6.07) is 15.6. The van der Waals surface area contributed by atoms with Crippen LogP contribution in [0.4, 0.5) is 0 Å². The Kier molecular flexibility index (Phi) is 7.45. The van der Waals surface area contributed by atoms with Gasteiger partial charge < -0.3 is 14.6 Å². The Morgan fingerprint density at radius 3 is 2.45 bits per heavy atom. The Labute approximate surface area is 195 Å². The van der Waals surface area contributed by atoms with Crippen molar-refractivity contribution in [1.29, 1.82) is 0 Å². The minimum atomic E-state index is -0.0890. The Bertz CT molecular complexity index is 1050. The van der Waals surface area contributed by atoms with Crippen LogP contribution in [-0.2, 0) is 19.7 Å². The molecule has 0 saturated carbocycles. The van der Waals surface area contributed by atoms with Crippen LogP contribution in [0.15, 0.2) is 53.1 Å². The largest absolute Gasteiger partial charge is 0.489 e. The summed E-state index contributed by atoms with van der Waals surface area (Å²) in [5, 5.41) is 7.01. The van der Waals surface area contributed by atoms with E-state index < -0.39 is 0 Å². The van der Waals surface area contributed by atoms with Gasteiger partial charge in [-0.15, -0.1) is 0 Å². The second kappa shape index (κ2) is 10.7. The van der Waals surface area contributed by atoms with Gasteiger partial charge in [0.25, 0.3) is 5.91 Å². The quantitative estimate of drug-likeness (QED) is 0.524. The third-order valence-corrected chi connectivity index (χ3v) is 6.51. The summed E-state index contributed by atoms with van der Waals surface area (Å²) in [5.74, 6) is 2.20. The van der Waals surface area contributed by atoms with E-state index in [-0.39, 0.29) is 5.91 Å². The maximum atomic E-state index is 12.7. The maximum absolute atomic E-state index is 12.7. The molecule has 1 aliphatic heterocycles. The number of nitrogens with zero attached hydrogens (tertiary/aromatic N) is 2. The number of piperidine rings is 1. The summed E-state index contributed by atoms with van der Waals surface area (Å²) in [6.45, 7) is 10.2. The summed E-state index contributed by atoms with van der Waals surface area (Å²) >= 11 is 0. The number of benzene rings is 2. The molecule has 4 rings (SSSR count). The molecule has 33 heavy (non-hydrogen) atoms. The molecule has 1 aliphatic rings. The van der Waals surface area contributed by atoms with Crippen molar-refractivity contribution >= 4 is 5.91 Å². The zero-order chi connectivity index (χ0) is 23.2. The first-order valence-corrected chi connectivity index (χ1v) is 11.7. The van der Waals surface area contributed by atoms with Gasteiger partial charge in [-0.3, -0.25) is 9.69 Å². The molecule has 1 amide bonds. The molecular weight excluding hydrogens is 414 g/mol. The minimum absolute atomic E-state index is 0.0890. The molecule has 0 aliphatic carbocycles. The van der Waals surface area contributed by atoms with Gasteiger partial charge in [0.2, 0.25) is 0 Å². The number of aromatic nitrogens is 1. The number of carbonyl (C=O) groups excluding carboxylic acids is 1. The fourth-order valence-corrected chi connectivity index (χ4v) is 4.19. The predicted octanol–water partition coefficient (Wildman–Crippen LogP) is 5.03. The van der Waals surface area contributed by atoms with Crippen molar-refractivity contribution < 1.29 is 14.1 Å². The molecule has 1 saturated heterocycles. The Morgan fingerprint density at radius 2 is 1.79 bits per heavy atom. The molecule has 2 heterocycles. The van der Waals surface area contributed by atoms with Crippen LogP contribution in [0, 0.1) is 19.8 Å². The van der Waals surface area contributed by atoms with Crippen LogP contribution in [-0.4, -0.2) is 29.1 Å². The molecule has 6 heteroatoms. The highest BCUT2D eigenvalue weighted by Crippen LogP contribution is 2.20. The minimum Gasteiger partial charge on any atom is -0.489 e. The number of aryl methyl sites for hydroxylation is 2. The first-order chi connectivity index (χ1) is 16.0. The number of hydrogen-bond acceptors (Lipinski definition) is 5. The lowest BCUT2D eigenvalue weighted by Gasteiger charge is -2.30. The van der Waals surface area contributed by atoms with Crippen molar-refractivity contribution in [2.75, 3.05) is 13.1 Å². The molecular formula is C27H33N3O3. The second-order valence-corrected chi connectivity index (χ2v) is 9.03. The number of rotatable bonds is 8. The molecule has 174 valence electrons. The first kappa shape index (κ1) is 23.1. The normalized spacial score (nSPS) is 14.9. The van der Waals surface area contributed by atoms with Gasteiger partial charge in [-0.25, -0.2) is 0 Å². The van der Waals surface area contributed by atoms with Crippen molar-refractivity contribution in [3.63, 3.8) is 0 Å². The fraction of sp³-hybridized carbons (Fsp3) is 0.407. The highest BCUT2D eigenvalue weighted by Gasteiger charge is 2.17. The number of amides is 1. The fourth-order valence-electron chi connectivity index (χ4n) is 4.19. The lowest BCUT2D eigenvalue weighted by atomic mass is 9.98. The molecule has 0 spiro atoms. The van der Waals surface area contributed by atoms with E-state index in [1.54, 1.807) is 12.1 Å². The van der Waals surface area contributed by atoms with Gasteiger partial charge in [0, 0.05) is 18.7 Å². The van der Waals surface area contributed by atoms with Gasteiger partial charge in [-0.05, 0) is 81.1 Å². The average molecular weight is 448 g/mol. The van der Waals surface area contributed by atoms with Crippen molar-refractivity contribution in [1.82, 2.24) is 15.4 Å². The second-order valence-electron chi connectivity index (χ2n) is 9.03. The molecule has 6 nitrogen and oxygen atoms in total. The van der Waals surface area contributed by atoms with Gasteiger partial charge in [0.15, 0.2) is 0 Å². The van der Waals surface area contributed by atoms with Crippen LogP contribution < -0.4 is 10.1 Å². The number of nitrogens with one attached hydrogen (secondary N) is 1. The van der Waals surface area contributed by atoms with Crippen molar-refractivity contribution in [2.45, 2.75) is 53.3 Å². The van der Waals surface area contributed by atoms with Gasteiger partial charge >= 0.3 is 0 Å². The molecule has 2 aromatic carbocycles. The summed E-state index contributed by atoms with van der Waals surface area (Å²) in [4.78, 5) is 15.2. The third kappa shape index (κ3) is 6.02. The van der Waals surface area contributed by atoms with Crippen LogP contribution in [0.2, 0.25) is 0 Å². The summed E-state index contributed by atoms with van der Waals surface area (Å²) in [5.41, 5.74) is 4.86. The number of ether oxygens (including phenoxy) is 1.